The summed E-state index contributed by atoms with van der Waals surface area (Å²) in [5.74, 6) is 0.825. The van der Waals surface area contributed by atoms with E-state index in [0.29, 0.717) is 11.7 Å². The summed E-state index contributed by atoms with van der Waals surface area (Å²) in [6, 6.07) is 13.9. The van der Waals surface area contributed by atoms with Gasteiger partial charge in [-0.15, -0.1) is 0 Å². The minimum atomic E-state index is -0.297. The van der Waals surface area contributed by atoms with Crippen LogP contribution in [-0.4, -0.2) is 45.4 Å². The lowest BCUT2D eigenvalue weighted by Crippen LogP contribution is -2.45. The predicted octanol–water partition coefficient (Wildman–Crippen LogP) is 4.00. The number of carbonyl (C=O) groups is 1. The van der Waals surface area contributed by atoms with E-state index < -0.39 is 0 Å². The molecule has 0 fully saturated rings. The molecule has 0 saturated heterocycles. The first-order valence-electron chi connectivity index (χ1n) is 10.3. The highest BCUT2D eigenvalue weighted by atomic mass is 16.5. The average Bonchev–Trinajstić information content (AvgIpc) is 2.70. The lowest BCUT2D eigenvalue weighted by atomic mass is 9.80. The first-order valence-corrected chi connectivity index (χ1v) is 10.3. The lowest BCUT2D eigenvalue weighted by Gasteiger charge is -2.45. The SMILES string of the molecule is CC1CC(C)(C)N(C)c2ccc(/C=N/NC(=O)COc3cccc(N(C)C)c3)cc21. The average molecular weight is 409 g/mol. The van der Waals surface area contributed by atoms with Gasteiger partial charge in [-0.05, 0) is 61.6 Å². The minimum absolute atomic E-state index is 0.0880. The van der Waals surface area contributed by atoms with Crippen LogP contribution in [0.5, 0.6) is 5.75 Å². The number of amides is 1. The molecule has 30 heavy (non-hydrogen) atoms. The first-order chi connectivity index (χ1) is 14.2. The molecule has 1 N–H and O–H groups in total. The van der Waals surface area contributed by atoms with E-state index in [1.807, 2.05) is 49.3 Å². The molecule has 0 saturated carbocycles. The Hall–Kier alpha value is -3.02. The molecule has 1 amide bonds. The molecule has 2 aromatic rings. The van der Waals surface area contributed by atoms with E-state index in [1.54, 1.807) is 6.21 Å². The summed E-state index contributed by atoms with van der Waals surface area (Å²) in [6.07, 6.45) is 2.78. The number of anilines is 2. The second kappa shape index (κ2) is 8.78. The van der Waals surface area contributed by atoms with Crippen molar-refractivity contribution < 1.29 is 9.53 Å². The summed E-state index contributed by atoms with van der Waals surface area (Å²) < 4.78 is 5.56. The van der Waals surface area contributed by atoms with Crippen molar-refractivity contribution in [1.29, 1.82) is 0 Å². The number of benzene rings is 2. The van der Waals surface area contributed by atoms with Gasteiger partial charge in [-0.25, -0.2) is 5.43 Å². The molecule has 0 radical (unpaired) electrons. The Morgan fingerprint density at radius 2 is 2.07 bits per heavy atom. The molecule has 0 aliphatic carbocycles. The number of fused-ring (bicyclic) bond motifs is 1. The predicted molar refractivity (Wildman–Crippen MR) is 124 cm³/mol. The van der Waals surface area contributed by atoms with Crippen LogP contribution in [0, 0.1) is 0 Å². The van der Waals surface area contributed by atoms with Crippen LogP contribution in [-0.2, 0) is 4.79 Å². The van der Waals surface area contributed by atoms with Gasteiger partial charge in [0.05, 0.1) is 6.21 Å². The Morgan fingerprint density at radius 1 is 1.30 bits per heavy atom. The summed E-state index contributed by atoms with van der Waals surface area (Å²) in [7, 11) is 6.06. The van der Waals surface area contributed by atoms with Gasteiger partial charge in [-0.1, -0.05) is 19.1 Å². The first kappa shape index (κ1) is 21.7. The van der Waals surface area contributed by atoms with Crippen LogP contribution in [0.2, 0.25) is 0 Å². The smallest absolute Gasteiger partial charge is 0.277 e. The molecule has 2 aromatic carbocycles. The van der Waals surface area contributed by atoms with E-state index in [1.165, 1.54) is 11.3 Å². The monoisotopic (exact) mass is 408 g/mol. The van der Waals surface area contributed by atoms with Crippen LogP contribution >= 0.6 is 0 Å². The summed E-state index contributed by atoms with van der Waals surface area (Å²) in [5.41, 5.74) is 7.23. The van der Waals surface area contributed by atoms with Crippen molar-refractivity contribution in [2.24, 2.45) is 5.10 Å². The van der Waals surface area contributed by atoms with Crippen LogP contribution in [0.1, 0.15) is 44.2 Å². The van der Waals surface area contributed by atoms with Crippen LogP contribution in [0.15, 0.2) is 47.6 Å². The van der Waals surface area contributed by atoms with Gasteiger partial charge in [0.1, 0.15) is 5.75 Å². The van der Waals surface area contributed by atoms with Crippen molar-refractivity contribution in [3.63, 3.8) is 0 Å². The zero-order chi connectivity index (χ0) is 21.9. The molecule has 3 rings (SSSR count). The summed E-state index contributed by atoms with van der Waals surface area (Å²) in [5, 5.41) is 4.09. The largest absolute Gasteiger partial charge is 0.484 e. The molecule has 1 aliphatic heterocycles. The maximum absolute atomic E-state index is 12.1. The van der Waals surface area contributed by atoms with E-state index in [2.05, 4.69) is 55.4 Å². The standard InChI is InChI=1S/C24H32N4O2/c1-17-14-24(2,3)28(6)22-11-10-18(12-21(17)22)15-25-26-23(29)16-30-20-9-7-8-19(13-20)27(4)5/h7-13,15,17H,14,16H2,1-6H3,(H,26,29)/b25-15+. The van der Waals surface area contributed by atoms with E-state index >= 15 is 0 Å². The van der Waals surface area contributed by atoms with Gasteiger partial charge in [-0.2, -0.15) is 5.10 Å². The summed E-state index contributed by atoms with van der Waals surface area (Å²) in [6.45, 7) is 6.72. The number of nitrogens with one attached hydrogen (secondary N) is 1. The molecule has 0 bridgehead atoms. The van der Waals surface area contributed by atoms with Crippen molar-refractivity contribution in [3.05, 3.63) is 53.6 Å². The third-order valence-corrected chi connectivity index (χ3v) is 5.76. The van der Waals surface area contributed by atoms with Crippen molar-refractivity contribution in [2.45, 2.75) is 38.6 Å². The molecule has 1 unspecified atom stereocenters. The van der Waals surface area contributed by atoms with Gasteiger partial charge in [0, 0.05) is 44.1 Å². The summed E-state index contributed by atoms with van der Waals surface area (Å²) in [4.78, 5) is 16.4. The minimum Gasteiger partial charge on any atom is -0.484 e. The fourth-order valence-corrected chi connectivity index (χ4v) is 3.89. The second-order valence-corrected chi connectivity index (χ2v) is 8.77. The fourth-order valence-electron chi connectivity index (χ4n) is 3.89. The molecule has 1 heterocycles. The number of ether oxygens (including phenoxy) is 1. The van der Waals surface area contributed by atoms with E-state index in [0.717, 1.165) is 17.7 Å². The lowest BCUT2D eigenvalue weighted by molar-refractivity contribution is -0.123. The molecule has 6 nitrogen and oxygen atoms in total. The maximum Gasteiger partial charge on any atom is 0.277 e. The quantitative estimate of drug-likeness (QED) is 0.580. The molecular weight excluding hydrogens is 376 g/mol. The van der Waals surface area contributed by atoms with Crippen molar-refractivity contribution in [2.75, 3.05) is 37.5 Å². The van der Waals surface area contributed by atoms with E-state index in [-0.39, 0.29) is 18.1 Å². The van der Waals surface area contributed by atoms with Crippen LogP contribution in [0.25, 0.3) is 0 Å². The Bertz CT molecular complexity index is 937. The van der Waals surface area contributed by atoms with Crippen molar-refractivity contribution in [1.82, 2.24) is 5.43 Å². The van der Waals surface area contributed by atoms with Gasteiger partial charge in [0.15, 0.2) is 6.61 Å². The number of carbonyl (C=O) groups excluding carboxylic acids is 1. The Kier molecular flexibility index (Phi) is 6.34. The summed E-state index contributed by atoms with van der Waals surface area (Å²) >= 11 is 0. The zero-order valence-electron chi connectivity index (χ0n) is 18.8. The van der Waals surface area contributed by atoms with Gasteiger partial charge < -0.3 is 14.5 Å². The number of hydrogen-bond donors (Lipinski definition) is 1. The molecule has 1 atom stereocenters. The van der Waals surface area contributed by atoms with Crippen LogP contribution in [0.3, 0.4) is 0 Å². The van der Waals surface area contributed by atoms with Gasteiger partial charge in [0.2, 0.25) is 0 Å². The molecule has 6 heteroatoms. The molecule has 1 aliphatic rings. The van der Waals surface area contributed by atoms with E-state index in [4.69, 9.17) is 4.74 Å². The second-order valence-electron chi connectivity index (χ2n) is 8.77. The van der Waals surface area contributed by atoms with Crippen molar-refractivity contribution in [3.8, 4) is 5.75 Å². The zero-order valence-corrected chi connectivity index (χ0v) is 18.8. The Balaban J connectivity index is 1.57. The Morgan fingerprint density at radius 3 is 2.80 bits per heavy atom. The number of nitrogens with zero attached hydrogens (tertiary/aromatic N) is 3. The molecule has 0 spiro atoms. The molecule has 160 valence electrons. The Labute approximate surface area is 179 Å². The molecular formula is C24H32N4O2. The van der Waals surface area contributed by atoms with Gasteiger partial charge in [0.25, 0.3) is 5.91 Å². The van der Waals surface area contributed by atoms with Crippen LogP contribution in [0.4, 0.5) is 11.4 Å². The maximum atomic E-state index is 12.1. The van der Waals surface area contributed by atoms with Crippen molar-refractivity contribution >= 4 is 23.5 Å². The van der Waals surface area contributed by atoms with Gasteiger partial charge >= 0.3 is 0 Å². The highest BCUT2D eigenvalue weighted by molar-refractivity contribution is 5.84. The third-order valence-electron chi connectivity index (χ3n) is 5.76. The normalized spacial score (nSPS) is 17.5. The number of rotatable bonds is 6. The number of hydrogen-bond acceptors (Lipinski definition) is 5. The fraction of sp³-hybridized carbons (Fsp3) is 0.417. The van der Waals surface area contributed by atoms with E-state index in [9.17, 15) is 4.79 Å². The highest BCUT2D eigenvalue weighted by Crippen LogP contribution is 2.42. The highest BCUT2D eigenvalue weighted by Gasteiger charge is 2.33. The topological polar surface area (TPSA) is 57.2 Å². The van der Waals surface area contributed by atoms with Gasteiger partial charge in [-0.3, -0.25) is 4.79 Å². The molecule has 0 aromatic heterocycles. The third kappa shape index (κ3) is 4.93. The van der Waals surface area contributed by atoms with Crippen LogP contribution < -0.4 is 20.0 Å². The number of hydrazone groups is 1.